The molecule has 1 amide bonds. The number of rotatable bonds is 7. The summed E-state index contributed by atoms with van der Waals surface area (Å²) in [6.45, 7) is 10.8. The molecule has 0 aliphatic carbocycles. The molecule has 33 heavy (non-hydrogen) atoms. The van der Waals surface area contributed by atoms with E-state index in [9.17, 15) is 4.79 Å². The van der Waals surface area contributed by atoms with E-state index in [0.29, 0.717) is 18.0 Å². The van der Waals surface area contributed by atoms with Crippen LogP contribution in [0.2, 0.25) is 0 Å². The Morgan fingerprint density at radius 2 is 1.73 bits per heavy atom. The highest BCUT2D eigenvalue weighted by Crippen LogP contribution is 2.25. The SMILES string of the molecule is Cc1cccc(Cn2nc(C)c(NC(=O)c3ccc(COc4c(C)cccc4C)o3)c2C)c1. The second-order valence-corrected chi connectivity index (χ2v) is 8.42. The minimum atomic E-state index is -0.311. The van der Waals surface area contributed by atoms with Gasteiger partial charge in [0.05, 0.1) is 23.6 Å². The lowest BCUT2D eigenvalue weighted by atomic mass is 10.1. The number of hydrogen-bond donors (Lipinski definition) is 1. The van der Waals surface area contributed by atoms with Crippen LogP contribution in [0.4, 0.5) is 5.69 Å². The minimum absolute atomic E-state index is 0.236. The van der Waals surface area contributed by atoms with Crippen LogP contribution in [0.3, 0.4) is 0 Å². The van der Waals surface area contributed by atoms with Crippen LogP contribution in [0, 0.1) is 34.6 Å². The Bertz CT molecular complexity index is 1280. The monoisotopic (exact) mass is 443 g/mol. The topological polar surface area (TPSA) is 69.3 Å². The van der Waals surface area contributed by atoms with Crippen LogP contribution in [-0.2, 0) is 13.2 Å². The molecule has 2 heterocycles. The fourth-order valence-corrected chi connectivity index (χ4v) is 3.94. The first-order valence-electron chi connectivity index (χ1n) is 11.0. The summed E-state index contributed by atoms with van der Waals surface area (Å²) in [4.78, 5) is 12.8. The summed E-state index contributed by atoms with van der Waals surface area (Å²) >= 11 is 0. The van der Waals surface area contributed by atoms with Gasteiger partial charge in [0, 0.05) is 0 Å². The number of amides is 1. The molecule has 0 fully saturated rings. The van der Waals surface area contributed by atoms with E-state index < -0.39 is 0 Å². The molecule has 0 saturated carbocycles. The third-order valence-electron chi connectivity index (χ3n) is 5.69. The number of nitrogens with one attached hydrogen (secondary N) is 1. The fraction of sp³-hybridized carbons (Fsp3) is 0.259. The molecule has 0 saturated heterocycles. The summed E-state index contributed by atoms with van der Waals surface area (Å²) in [5, 5.41) is 7.58. The highest BCUT2D eigenvalue weighted by atomic mass is 16.5. The highest BCUT2D eigenvalue weighted by Gasteiger charge is 2.18. The molecule has 2 aromatic carbocycles. The molecule has 0 radical (unpaired) electrons. The first-order chi connectivity index (χ1) is 15.8. The molecule has 0 bridgehead atoms. The Morgan fingerprint density at radius 1 is 1.00 bits per heavy atom. The Balaban J connectivity index is 1.44. The number of nitrogens with zero attached hydrogens (tertiary/aromatic N) is 2. The van der Waals surface area contributed by atoms with Crippen molar-refractivity contribution < 1.29 is 13.9 Å². The summed E-state index contributed by atoms with van der Waals surface area (Å²) in [6, 6.07) is 17.8. The molecule has 4 rings (SSSR count). The van der Waals surface area contributed by atoms with Gasteiger partial charge in [-0.1, -0.05) is 48.0 Å². The number of furan rings is 1. The van der Waals surface area contributed by atoms with Crippen LogP contribution in [0.25, 0.3) is 0 Å². The van der Waals surface area contributed by atoms with E-state index in [1.165, 1.54) is 5.56 Å². The molecule has 0 unspecified atom stereocenters. The number of aromatic nitrogens is 2. The summed E-state index contributed by atoms with van der Waals surface area (Å²) in [5.41, 5.74) is 6.86. The predicted octanol–water partition coefficient (Wildman–Crippen LogP) is 5.90. The predicted molar refractivity (Wildman–Crippen MR) is 129 cm³/mol. The number of hydrogen-bond acceptors (Lipinski definition) is 4. The highest BCUT2D eigenvalue weighted by molar-refractivity contribution is 6.02. The lowest BCUT2D eigenvalue weighted by molar-refractivity contribution is 0.0992. The van der Waals surface area contributed by atoms with Gasteiger partial charge in [0.25, 0.3) is 5.91 Å². The third-order valence-corrected chi connectivity index (χ3v) is 5.69. The van der Waals surface area contributed by atoms with Gasteiger partial charge >= 0.3 is 0 Å². The molecule has 1 N–H and O–H groups in total. The van der Waals surface area contributed by atoms with E-state index in [1.807, 2.05) is 56.6 Å². The van der Waals surface area contributed by atoms with Gasteiger partial charge < -0.3 is 14.5 Å². The quantitative estimate of drug-likeness (QED) is 0.386. The Hall–Kier alpha value is -3.80. The second-order valence-electron chi connectivity index (χ2n) is 8.42. The normalized spacial score (nSPS) is 10.9. The van der Waals surface area contributed by atoms with Crippen LogP contribution in [0.15, 0.2) is 59.0 Å². The van der Waals surface area contributed by atoms with Crippen molar-refractivity contribution in [2.24, 2.45) is 0 Å². The van der Waals surface area contributed by atoms with Crippen molar-refractivity contribution in [1.29, 1.82) is 0 Å². The van der Waals surface area contributed by atoms with Gasteiger partial charge in [-0.15, -0.1) is 0 Å². The maximum absolute atomic E-state index is 12.8. The number of benzene rings is 2. The summed E-state index contributed by atoms with van der Waals surface area (Å²) < 4.78 is 13.6. The van der Waals surface area contributed by atoms with E-state index in [1.54, 1.807) is 12.1 Å². The van der Waals surface area contributed by atoms with Gasteiger partial charge in [-0.2, -0.15) is 5.10 Å². The lowest BCUT2D eigenvalue weighted by Gasteiger charge is -2.10. The average molecular weight is 444 g/mol. The van der Waals surface area contributed by atoms with Gasteiger partial charge in [-0.05, 0) is 63.4 Å². The van der Waals surface area contributed by atoms with Crippen molar-refractivity contribution in [3.8, 4) is 5.75 Å². The van der Waals surface area contributed by atoms with Crippen molar-refractivity contribution in [3.05, 3.63) is 99.8 Å². The zero-order chi connectivity index (χ0) is 23.5. The van der Waals surface area contributed by atoms with Crippen LogP contribution in [0.1, 0.15) is 50.0 Å². The summed E-state index contributed by atoms with van der Waals surface area (Å²) in [6.07, 6.45) is 0. The average Bonchev–Trinajstić information content (AvgIpc) is 3.34. The smallest absolute Gasteiger partial charge is 0.291 e. The van der Waals surface area contributed by atoms with Crippen molar-refractivity contribution in [2.45, 2.75) is 47.8 Å². The maximum atomic E-state index is 12.8. The van der Waals surface area contributed by atoms with E-state index in [-0.39, 0.29) is 18.3 Å². The Morgan fingerprint density at radius 3 is 2.45 bits per heavy atom. The van der Waals surface area contributed by atoms with Crippen LogP contribution < -0.4 is 10.1 Å². The van der Waals surface area contributed by atoms with Gasteiger partial charge in [-0.3, -0.25) is 9.48 Å². The second kappa shape index (κ2) is 9.36. The van der Waals surface area contributed by atoms with Gasteiger partial charge in [0.1, 0.15) is 18.1 Å². The first-order valence-corrected chi connectivity index (χ1v) is 11.0. The molecule has 170 valence electrons. The van der Waals surface area contributed by atoms with Crippen molar-refractivity contribution in [2.75, 3.05) is 5.32 Å². The van der Waals surface area contributed by atoms with Crippen molar-refractivity contribution >= 4 is 11.6 Å². The maximum Gasteiger partial charge on any atom is 0.291 e. The standard InChI is InChI=1S/C27H29N3O3/c1-17-8-6-11-22(14-17)15-30-21(5)25(20(4)29-30)28-27(31)24-13-12-23(33-24)16-32-26-18(2)9-7-10-19(26)3/h6-14H,15-16H2,1-5H3,(H,28,31). The molecule has 6 nitrogen and oxygen atoms in total. The molecule has 0 aliphatic rings. The Labute approximate surface area is 194 Å². The van der Waals surface area contributed by atoms with Crippen molar-refractivity contribution in [1.82, 2.24) is 9.78 Å². The van der Waals surface area contributed by atoms with E-state index >= 15 is 0 Å². The van der Waals surface area contributed by atoms with Gasteiger partial charge in [0.2, 0.25) is 0 Å². The number of ether oxygens (including phenoxy) is 1. The minimum Gasteiger partial charge on any atom is -0.485 e. The number of para-hydroxylation sites is 1. The zero-order valence-electron chi connectivity index (χ0n) is 19.7. The van der Waals surface area contributed by atoms with Gasteiger partial charge in [-0.25, -0.2) is 0 Å². The van der Waals surface area contributed by atoms with E-state index in [4.69, 9.17) is 9.15 Å². The van der Waals surface area contributed by atoms with Crippen molar-refractivity contribution in [3.63, 3.8) is 0 Å². The number of carbonyl (C=O) groups excluding carboxylic acids is 1. The van der Waals surface area contributed by atoms with Gasteiger partial charge in [0.15, 0.2) is 5.76 Å². The third kappa shape index (κ3) is 5.00. The molecule has 0 spiro atoms. The van der Waals surface area contributed by atoms with Crippen LogP contribution >= 0.6 is 0 Å². The number of anilines is 1. The molecule has 0 atom stereocenters. The molecule has 2 aromatic heterocycles. The largest absolute Gasteiger partial charge is 0.485 e. The molecular weight excluding hydrogens is 414 g/mol. The van der Waals surface area contributed by atoms with E-state index in [2.05, 4.69) is 35.5 Å². The summed E-state index contributed by atoms with van der Waals surface area (Å²) in [7, 11) is 0. The molecular formula is C27H29N3O3. The molecule has 4 aromatic rings. The first kappa shape index (κ1) is 22.4. The number of aryl methyl sites for hydroxylation is 4. The Kier molecular flexibility index (Phi) is 6.36. The lowest BCUT2D eigenvalue weighted by Crippen LogP contribution is -2.12. The fourth-order valence-electron chi connectivity index (χ4n) is 3.94. The molecule has 6 heteroatoms. The van der Waals surface area contributed by atoms with Crippen LogP contribution in [0.5, 0.6) is 5.75 Å². The van der Waals surface area contributed by atoms with E-state index in [0.717, 1.165) is 33.8 Å². The summed E-state index contributed by atoms with van der Waals surface area (Å²) in [5.74, 6) is 1.36. The van der Waals surface area contributed by atoms with Crippen LogP contribution in [-0.4, -0.2) is 15.7 Å². The number of carbonyl (C=O) groups is 1. The zero-order valence-corrected chi connectivity index (χ0v) is 19.7. The molecule has 0 aliphatic heterocycles.